The van der Waals surface area contributed by atoms with E-state index < -0.39 is 0 Å². The number of fused-ring (bicyclic) bond motifs is 8. The van der Waals surface area contributed by atoms with Gasteiger partial charge in [-0.15, -0.1) is 0 Å². The fraction of sp³-hybridized carbons (Fsp3) is 0.125. The molecule has 0 aromatic heterocycles. The summed E-state index contributed by atoms with van der Waals surface area (Å²) in [5.41, 5.74) is 34.5. The number of para-hydroxylation sites is 3. The smallest absolute Gasteiger partial charge is 0.256 e. The van der Waals surface area contributed by atoms with Crippen molar-refractivity contribution >= 4 is 103 Å². The van der Waals surface area contributed by atoms with Gasteiger partial charge in [-0.1, -0.05) is 257 Å². The number of piperidine rings is 2. The summed E-state index contributed by atoms with van der Waals surface area (Å²) in [5.74, 6) is 3.65. The maximum absolute atomic E-state index is 8.03. The standard InChI is InChI=1S/C96H74B2N4O/c1-61(2)70-55-88-93-89(56-70)101(95-77(66-32-14-5-15-33-66)51-71(64-28-10-3-11-29-64)52-78(95)67-34-16-6-17-35-67)85-44-26-24-42-81(85)97(93)83-59-84-91(60-87(83)100(88)73-40-22-9-23-41-73)103-92-58-76(99-74-47-62-46-63(49-74)50-75(99)48-62)57-90-94(92)98(84)82-43-25-27-45-86(82)102(90)96-79(68-36-18-7-19-37-68)53-72(65-30-12-4-13-31-65)54-80(96)69-38-20-8-21-39-69/h3-45,51-63,74-75H,46-50H2,1-2H3. The molecule has 2 saturated carbocycles. The molecule has 0 unspecified atom stereocenters. The van der Waals surface area contributed by atoms with Gasteiger partial charge in [0.15, 0.2) is 0 Å². The number of hydrogen-bond donors (Lipinski definition) is 0. The predicted octanol–water partition coefficient (Wildman–Crippen LogP) is 21.1. The summed E-state index contributed by atoms with van der Waals surface area (Å²) in [6.45, 7) is 4.35. The molecule has 0 radical (unpaired) electrons. The Morgan fingerprint density at radius 3 is 1.13 bits per heavy atom. The summed E-state index contributed by atoms with van der Waals surface area (Å²) < 4.78 is 8.03. The van der Waals surface area contributed by atoms with Gasteiger partial charge in [0.25, 0.3) is 13.4 Å². The van der Waals surface area contributed by atoms with Gasteiger partial charge in [0.2, 0.25) is 0 Å². The lowest BCUT2D eigenvalue weighted by Gasteiger charge is -2.57. The van der Waals surface area contributed by atoms with Crippen molar-refractivity contribution in [2.45, 2.75) is 64.0 Å². The molecule has 0 N–H and O–H groups in total. The Morgan fingerprint density at radius 1 is 0.291 bits per heavy atom. The molecule has 22 rings (SSSR count). The first-order chi connectivity index (χ1) is 50.9. The highest BCUT2D eigenvalue weighted by Gasteiger charge is 2.51. The van der Waals surface area contributed by atoms with Gasteiger partial charge < -0.3 is 24.3 Å². The van der Waals surface area contributed by atoms with E-state index in [0.717, 1.165) is 57.2 Å². The Kier molecular flexibility index (Phi) is 13.9. The summed E-state index contributed by atoms with van der Waals surface area (Å²) in [7, 11) is 0. The topological polar surface area (TPSA) is 22.2 Å². The molecule has 6 heterocycles. The summed E-state index contributed by atoms with van der Waals surface area (Å²) in [6, 6.07) is 122. The zero-order valence-corrected chi connectivity index (χ0v) is 57.9. The van der Waals surface area contributed by atoms with E-state index in [1.165, 1.54) is 160 Å². The fourth-order valence-electron chi connectivity index (χ4n) is 19.6. The lowest BCUT2D eigenvalue weighted by atomic mass is 9.30. The van der Waals surface area contributed by atoms with Crippen molar-refractivity contribution in [2.24, 2.45) is 11.8 Å². The molecule has 8 aliphatic rings. The average Bonchev–Trinajstić information content (AvgIpc) is 0.688. The van der Waals surface area contributed by atoms with Gasteiger partial charge in [0.05, 0.1) is 11.4 Å². The van der Waals surface area contributed by atoms with Crippen LogP contribution in [-0.4, -0.2) is 25.5 Å². The molecule has 14 aromatic carbocycles. The van der Waals surface area contributed by atoms with Gasteiger partial charge in [-0.3, -0.25) is 0 Å². The van der Waals surface area contributed by atoms with Crippen molar-refractivity contribution < 1.29 is 4.74 Å². The molecule has 490 valence electrons. The molecule has 5 nitrogen and oxygen atoms in total. The minimum atomic E-state index is -0.187. The molecule has 0 atom stereocenters. The van der Waals surface area contributed by atoms with Crippen molar-refractivity contribution in [3.63, 3.8) is 0 Å². The van der Waals surface area contributed by atoms with Gasteiger partial charge >= 0.3 is 0 Å². The summed E-state index contributed by atoms with van der Waals surface area (Å²) in [5, 5.41) is 0. The van der Waals surface area contributed by atoms with Crippen LogP contribution in [0.4, 0.5) is 56.9 Å². The second kappa shape index (κ2) is 23.9. The van der Waals surface area contributed by atoms with Crippen LogP contribution in [0.5, 0.6) is 11.5 Å². The molecule has 2 aliphatic carbocycles. The Labute approximate surface area is 604 Å². The van der Waals surface area contributed by atoms with Crippen LogP contribution in [-0.2, 0) is 0 Å². The third kappa shape index (κ3) is 9.61. The van der Waals surface area contributed by atoms with Crippen molar-refractivity contribution in [1.82, 2.24) is 0 Å². The highest BCUT2D eigenvalue weighted by Crippen LogP contribution is 2.57. The molecular weight excluding hydrogens is 1250 g/mol. The number of rotatable bonds is 11. The molecule has 0 spiro atoms. The Morgan fingerprint density at radius 2 is 0.680 bits per heavy atom. The molecule has 4 bridgehead atoms. The molecule has 7 heteroatoms. The number of hydrogen-bond acceptors (Lipinski definition) is 5. The average molecular weight is 1320 g/mol. The van der Waals surface area contributed by atoms with Crippen LogP contribution >= 0.6 is 0 Å². The highest BCUT2D eigenvalue weighted by molar-refractivity contribution is 7.02. The van der Waals surface area contributed by atoms with Crippen LogP contribution in [0.3, 0.4) is 0 Å². The monoisotopic (exact) mass is 1320 g/mol. The number of benzene rings is 14. The zero-order valence-electron chi connectivity index (χ0n) is 57.9. The summed E-state index contributed by atoms with van der Waals surface area (Å²) in [4.78, 5) is 10.8. The van der Waals surface area contributed by atoms with E-state index in [4.69, 9.17) is 4.74 Å². The quantitative estimate of drug-likeness (QED) is 0.120. The number of anilines is 10. The van der Waals surface area contributed by atoms with E-state index >= 15 is 0 Å². The first-order valence-corrected chi connectivity index (χ1v) is 37.2. The minimum absolute atomic E-state index is 0.170. The first-order valence-electron chi connectivity index (χ1n) is 37.2. The fourth-order valence-corrected chi connectivity index (χ4v) is 19.6. The maximum Gasteiger partial charge on any atom is 0.256 e. The van der Waals surface area contributed by atoms with Gasteiger partial charge in [-0.05, 0) is 199 Å². The largest absolute Gasteiger partial charge is 0.458 e. The molecule has 2 saturated heterocycles. The van der Waals surface area contributed by atoms with Crippen LogP contribution < -0.4 is 57.1 Å². The highest BCUT2D eigenvalue weighted by atomic mass is 16.5. The Balaban J connectivity index is 0.831. The molecule has 103 heavy (non-hydrogen) atoms. The normalized spacial score (nSPS) is 17.5. The van der Waals surface area contributed by atoms with Crippen molar-refractivity contribution in [3.8, 4) is 78.3 Å². The zero-order chi connectivity index (χ0) is 68.0. The maximum atomic E-state index is 8.03. The lowest BCUT2D eigenvalue weighted by Crippen LogP contribution is -2.64. The third-order valence-electron chi connectivity index (χ3n) is 23.9. The van der Waals surface area contributed by atoms with Crippen LogP contribution in [0.2, 0.25) is 0 Å². The van der Waals surface area contributed by atoms with E-state index in [1.807, 2.05) is 0 Å². The van der Waals surface area contributed by atoms with Gasteiger partial charge in [0, 0.05) is 92.0 Å². The van der Waals surface area contributed by atoms with E-state index in [-0.39, 0.29) is 19.3 Å². The second-order valence-corrected chi connectivity index (χ2v) is 30.0. The summed E-state index contributed by atoms with van der Waals surface area (Å²) in [6.07, 6.45) is 6.40. The first kappa shape index (κ1) is 60.0. The van der Waals surface area contributed by atoms with Crippen LogP contribution in [0, 0.1) is 11.8 Å². The predicted molar refractivity (Wildman–Crippen MR) is 433 cm³/mol. The third-order valence-corrected chi connectivity index (χ3v) is 23.9. The van der Waals surface area contributed by atoms with Gasteiger partial charge in [-0.2, -0.15) is 0 Å². The minimum Gasteiger partial charge on any atom is -0.458 e. The molecule has 0 amide bonds. The van der Waals surface area contributed by atoms with Crippen molar-refractivity contribution in [3.05, 3.63) is 327 Å². The second-order valence-electron chi connectivity index (χ2n) is 30.0. The van der Waals surface area contributed by atoms with E-state index in [0.29, 0.717) is 12.1 Å². The summed E-state index contributed by atoms with van der Waals surface area (Å²) >= 11 is 0. The molecule has 6 aliphatic heterocycles. The van der Waals surface area contributed by atoms with E-state index in [9.17, 15) is 0 Å². The van der Waals surface area contributed by atoms with E-state index in [2.05, 4.69) is 355 Å². The number of nitrogens with zero attached hydrogens (tertiary/aromatic N) is 4. The van der Waals surface area contributed by atoms with Crippen LogP contribution in [0.1, 0.15) is 57.4 Å². The van der Waals surface area contributed by atoms with Crippen LogP contribution in [0.25, 0.3) is 66.8 Å². The SMILES string of the molecule is CC(C)c1cc2c3c(c1)N(c1c(-c4ccccc4)cc(-c4ccccc4)cc1-c1ccccc1)c1ccccc1B3c1cc3c(cc1N2c1ccccc1)Oc1cc(N2C4CC5CC(C4)CC2C5)cc2c1B3c1ccccc1N2c1c(-c2ccccc2)cc(-c2ccccc2)cc1-c1ccccc1. The van der Waals surface area contributed by atoms with Crippen molar-refractivity contribution in [1.29, 1.82) is 0 Å². The van der Waals surface area contributed by atoms with Gasteiger partial charge in [0.1, 0.15) is 11.5 Å². The van der Waals surface area contributed by atoms with E-state index in [1.54, 1.807) is 0 Å². The Hall–Kier alpha value is -11.8. The number of ether oxygens (including phenoxy) is 1. The molecule has 4 fully saturated rings. The lowest BCUT2D eigenvalue weighted by molar-refractivity contribution is 0.0900. The van der Waals surface area contributed by atoms with Crippen molar-refractivity contribution in [2.75, 3.05) is 19.6 Å². The molecular formula is C96H74B2N4O. The Bertz CT molecular complexity index is 5530. The van der Waals surface area contributed by atoms with Gasteiger partial charge in [-0.25, -0.2) is 0 Å². The molecule has 14 aromatic rings. The van der Waals surface area contributed by atoms with Crippen LogP contribution in [0.15, 0.2) is 322 Å².